The number of likely N-dealkylation sites (tertiary alicyclic amines) is 1. The Balaban J connectivity index is 1.33. The number of aryl methyl sites for hydroxylation is 1. The van der Waals surface area contributed by atoms with Crippen LogP contribution in [0, 0.1) is 0 Å². The molecule has 13 heteroatoms. The van der Waals surface area contributed by atoms with E-state index in [2.05, 4.69) is 20.5 Å². The van der Waals surface area contributed by atoms with Crippen LogP contribution < -0.4 is 14.8 Å². The number of ether oxygens (including phenoxy) is 2. The van der Waals surface area contributed by atoms with E-state index in [1.807, 2.05) is 18.0 Å². The Morgan fingerprint density at radius 1 is 1.12 bits per heavy atom. The number of rotatable bonds is 8. The molecule has 41 heavy (non-hydrogen) atoms. The molecular weight excluding hydrogens is 536 g/mol. The third kappa shape index (κ3) is 5.19. The number of aromatic nitrogens is 5. The van der Waals surface area contributed by atoms with Crippen molar-refractivity contribution in [2.45, 2.75) is 12.2 Å². The first-order chi connectivity index (χ1) is 19.7. The number of nitrogens with one attached hydrogen (secondary N) is 1. The van der Waals surface area contributed by atoms with Crippen LogP contribution in [0.3, 0.4) is 0 Å². The van der Waals surface area contributed by atoms with Crippen molar-refractivity contribution in [2.24, 2.45) is 7.05 Å². The van der Waals surface area contributed by atoms with Crippen molar-refractivity contribution in [3.8, 4) is 28.5 Å². The molecule has 1 aliphatic heterocycles. The Kier molecular flexibility index (Phi) is 6.59. The zero-order chi connectivity index (χ0) is 28.7. The molecular formula is C28H25F2N7O4. The van der Waals surface area contributed by atoms with Crippen molar-refractivity contribution >= 4 is 17.2 Å². The minimum atomic E-state index is -3.09. The van der Waals surface area contributed by atoms with Gasteiger partial charge >= 0.3 is 6.61 Å². The summed E-state index contributed by atoms with van der Waals surface area (Å²) in [5.41, 5.74) is 0.935. The van der Waals surface area contributed by atoms with E-state index in [0.717, 1.165) is 0 Å². The molecule has 5 aromatic rings. The second-order valence-electron chi connectivity index (χ2n) is 9.84. The molecule has 1 amide bonds. The lowest BCUT2D eigenvalue weighted by Gasteiger charge is -2.44. The molecule has 11 nitrogen and oxygen atoms in total. The minimum Gasteiger partial charge on any atom is -0.457 e. The maximum absolute atomic E-state index is 13.3. The second-order valence-corrected chi connectivity index (χ2v) is 9.84. The number of alkyl halides is 2. The summed E-state index contributed by atoms with van der Waals surface area (Å²) in [5.74, 6) is 0.105. The van der Waals surface area contributed by atoms with Gasteiger partial charge in [0.15, 0.2) is 5.65 Å². The van der Waals surface area contributed by atoms with Crippen LogP contribution in [0.4, 0.5) is 14.5 Å². The van der Waals surface area contributed by atoms with Crippen LogP contribution >= 0.6 is 0 Å². The maximum atomic E-state index is 13.3. The standard InChI is InChI=1S/C28H25F2N7O4/c1-35-15-28(39,16-35)17-5-3-6-18(11-17)40-19-7-8-23(41-27(29)30)20(12-19)24-22(14-36(2)34-24)33-26(38)21-13-32-37-10-4-9-31-25(21)37/h3-14,27,39H,15-16H2,1-2H3,(H,33,38). The summed E-state index contributed by atoms with van der Waals surface area (Å²) >= 11 is 0. The van der Waals surface area contributed by atoms with Gasteiger partial charge in [-0.15, -0.1) is 0 Å². The van der Waals surface area contributed by atoms with Gasteiger partial charge in [0.05, 0.1) is 17.4 Å². The van der Waals surface area contributed by atoms with Crippen LogP contribution in [0.1, 0.15) is 15.9 Å². The van der Waals surface area contributed by atoms with Crippen LogP contribution in [0.5, 0.6) is 17.2 Å². The number of β-amino-alcohol motifs (C(OH)–C–C–N with tert-alkyl or cyclic N) is 1. The van der Waals surface area contributed by atoms with Gasteiger partial charge in [-0.1, -0.05) is 12.1 Å². The highest BCUT2D eigenvalue weighted by molar-refractivity contribution is 6.09. The molecule has 6 rings (SSSR count). The van der Waals surface area contributed by atoms with Crippen LogP contribution in [0.2, 0.25) is 0 Å². The average Bonchev–Trinajstić information content (AvgIpc) is 3.52. The number of hydrogen-bond acceptors (Lipinski definition) is 8. The first kappa shape index (κ1) is 26.3. The van der Waals surface area contributed by atoms with Crippen LogP contribution in [-0.2, 0) is 12.6 Å². The number of aliphatic hydroxyl groups is 1. The molecule has 1 fully saturated rings. The number of halogens is 2. The second kappa shape index (κ2) is 10.3. The normalized spacial score (nSPS) is 14.7. The number of benzene rings is 2. The smallest absolute Gasteiger partial charge is 0.387 e. The Labute approximate surface area is 232 Å². The third-order valence-corrected chi connectivity index (χ3v) is 6.69. The summed E-state index contributed by atoms with van der Waals surface area (Å²) in [4.78, 5) is 19.4. The van der Waals surface area contributed by atoms with Gasteiger partial charge in [0.1, 0.15) is 34.1 Å². The van der Waals surface area contributed by atoms with Crippen molar-refractivity contribution < 1.29 is 28.2 Å². The molecule has 1 saturated heterocycles. The van der Waals surface area contributed by atoms with Crippen molar-refractivity contribution in [1.82, 2.24) is 29.3 Å². The summed E-state index contributed by atoms with van der Waals surface area (Å²) in [6.07, 6.45) is 6.14. The number of fused-ring (bicyclic) bond motifs is 1. The largest absolute Gasteiger partial charge is 0.457 e. The van der Waals surface area contributed by atoms with Crippen molar-refractivity contribution in [3.05, 3.63) is 84.4 Å². The van der Waals surface area contributed by atoms with E-state index in [1.54, 1.807) is 49.9 Å². The molecule has 0 saturated carbocycles. The molecule has 210 valence electrons. The molecule has 3 aromatic heterocycles. The van der Waals surface area contributed by atoms with Gasteiger partial charge in [0.2, 0.25) is 0 Å². The summed E-state index contributed by atoms with van der Waals surface area (Å²) in [6, 6.07) is 13.1. The van der Waals surface area contributed by atoms with Crippen LogP contribution in [0.25, 0.3) is 16.9 Å². The molecule has 0 unspecified atom stereocenters. The monoisotopic (exact) mass is 561 g/mol. The topological polar surface area (TPSA) is 119 Å². The van der Waals surface area contributed by atoms with Crippen LogP contribution in [0.15, 0.2) is 73.3 Å². The van der Waals surface area contributed by atoms with E-state index in [9.17, 15) is 18.7 Å². The maximum Gasteiger partial charge on any atom is 0.387 e. The highest BCUT2D eigenvalue weighted by atomic mass is 19.3. The number of nitrogens with zero attached hydrogens (tertiary/aromatic N) is 6. The molecule has 0 bridgehead atoms. The van der Waals surface area contributed by atoms with Crippen LogP contribution in [-0.4, -0.2) is 67.0 Å². The Morgan fingerprint density at radius 3 is 2.71 bits per heavy atom. The zero-order valence-corrected chi connectivity index (χ0v) is 22.0. The van der Waals surface area contributed by atoms with E-state index >= 15 is 0 Å². The summed E-state index contributed by atoms with van der Waals surface area (Å²) in [7, 11) is 3.56. The molecule has 0 spiro atoms. The molecule has 4 heterocycles. The lowest BCUT2D eigenvalue weighted by molar-refractivity contribution is -0.0919. The molecule has 0 radical (unpaired) electrons. The summed E-state index contributed by atoms with van der Waals surface area (Å²) in [6.45, 7) is -2.09. The van der Waals surface area contributed by atoms with E-state index in [-0.39, 0.29) is 28.3 Å². The van der Waals surface area contributed by atoms with E-state index in [4.69, 9.17) is 9.47 Å². The SMILES string of the molecule is CN1CC(O)(c2cccc(Oc3ccc(OC(F)F)c(-c4nn(C)cc4NC(=O)c4cnn5cccnc45)c3)c2)C1. The van der Waals surface area contributed by atoms with Crippen molar-refractivity contribution in [3.63, 3.8) is 0 Å². The number of anilines is 1. The minimum absolute atomic E-state index is 0.153. The number of hydrogen-bond donors (Lipinski definition) is 2. The quantitative estimate of drug-likeness (QED) is 0.293. The highest BCUT2D eigenvalue weighted by Crippen LogP contribution is 2.39. The molecule has 2 aromatic carbocycles. The predicted molar refractivity (Wildman–Crippen MR) is 144 cm³/mol. The lowest BCUT2D eigenvalue weighted by Crippen LogP contribution is -2.57. The van der Waals surface area contributed by atoms with E-state index in [1.165, 1.54) is 33.6 Å². The number of carbonyl (C=O) groups is 1. The fourth-order valence-corrected chi connectivity index (χ4v) is 4.93. The predicted octanol–water partition coefficient (Wildman–Crippen LogP) is 3.91. The third-order valence-electron chi connectivity index (χ3n) is 6.69. The van der Waals surface area contributed by atoms with Gasteiger partial charge in [0.25, 0.3) is 5.91 Å². The Morgan fingerprint density at radius 2 is 1.93 bits per heavy atom. The van der Waals surface area contributed by atoms with Gasteiger partial charge in [-0.3, -0.25) is 14.4 Å². The first-order valence-electron chi connectivity index (χ1n) is 12.6. The number of likely N-dealkylation sites (N-methyl/N-ethyl adjacent to an activating group) is 1. The summed E-state index contributed by atoms with van der Waals surface area (Å²) < 4.78 is 40.4. The molecule has 1 aliphatic rings. The fourth-order valence-electron chi connectivity index (χ4n) is 4.93. The van der Waals surface area contributed by atoms with Crippen molar-refractivity contribution in [1.29, 1.82) is 0 Å². The van der Waals surface area contributed by atoms with E-state index in [0.29, 0.717) is 35.8 Å². The van der Waals surface area contributed by atoms with Gasteiger partial charge < -0.3 is 19.9 Å². The van der Waals surface area contributed by atoms with E-state index < -0.39 is 18.1 Å². The first-order valence-corrected chi connectivity index (χ1v) is 12.6. The number of amides is 1. The van der Waals surface area contributed by atoms with Gasteiger partial charge in [0, 0.05) is 38.7 Å². The van der Waals surface area contributed by atoms with Gasteiger partial charge in [-0.05, 0) is 49.0 Å². The Hall–Kier alpha value is -4.88. The van der Waals surface area contributed by atoms with Gasteiger partial charge in [-0.2, -0.15) is 19.0 Å². The fraction of sp³-hybridized carbons (Fsp3) is 0.214. The lowest BCUT2D eigenvalue weighted by atomic mass is 9.86. The Bertz CT molecular complexity index is 1750. The summed E-state index contributed by atoms with van der Waals surface area (Å²) in [5, 5.41) is 22.2. The van der Waals surface area contributed by atoms with Crippen molar-refractivity contribution in [2.75, 3.05) is 25.5 Å². The molecule has 2 N–H and O–H groups in total. The van der Waals surface area contributed by atoms with Gasteiger partial charge in [-0.25, -0.2) is 9.50 Å². The average molecular weight is 562 g/mol. The highest BCUT2D eigenvalue weighted by Gasteiger charge is 2.40. The zero-order valence-electron chi connectivity index (χ0n) is 22.0. The number of carbonyl (C=O) groups excluding carboxylic acids is 1. The molecule has 0 aliphatic carbocycles. The molecule has 0 atom stereocenters.